The first-order valence-electron chi connectivity index (χ1n) is 10.3. The predicted molar refractivity (Wildman–Crippen MR) is 112 cm³/mol. The Morgan fingerprint density at radius 2 is 2.04 bits per heavy atom. The van der Waals surface area contributed by atoms with Gasteiger partial charge in [-0.1, -0.05) is 34.1 Å². The van der Waals surface area contributed by atoms with Gasteiger partial charge in [0.15, 0.2) is 0 Å². The maximum atomic E-state index is 11.1. The smallest absolute Gasteiger partial charge is 0.489 e. The van der Waals surface area contributed by atoms with Gasteiger partial charge in [0, 0.05) is 6.54 Å². The summed E-state index contributed by atoms with van der Waals surface area (Å²) in [5, 5.41) is 10.7. The van der Waals surface area contributed by atoms with Crippen molar-refractivity contribution in [1.29, 1.82) is 0 Å². The number of anilines is 1. The second kappa shape index (κ2) is 9.03. The van der Waals surface area contributed by atoms with Gasteiger partial charge in [0.2, 0.25) is 0 Å². The van der Waals surface area contributed by atoms with Crippen molar-refractivity contribution in [3.05, 3.63) is 23.3 Å². The van der Waals surface area contributed by atoms with Crippen LogP contribution in [0, 0.1) is 5.41 Å². The molecule has 1 aliphatic rings. The molecule has 2 unspecified atom stereocenters. The van der Waals surface area contributed by atoms with E-state index in [1.54, 1.807) is 5.06 Å². The molecular weight excluding hydrogens is 356 g/mol. The highest BCUT2D eigenvalue weighted by atomic mass is 16.8. The number of piperidine rings is 1. The van der Waals surface area contributed by atoms with Crippen molar-refractivity contribution in [3.63, 3.8) is 0 Å². The Morgan fingerprint density at radius 3 is 2.57 bits per heavy atom. The maximum absolute atomic E-state index is 11.1. The first-order chi connectivity index (χ1) is 13.0. The van der Waals surface area contributed by atoms with Crippen molar-refractivity contribution in [2.24, 2.45) is 5.41 Å². The molecule has 6 nitrogen and oxygen atoms in total. The van der Waals surface area contributed by atoms with Crippen LogP contribution < -0.4 is 10.5 Å². The van der Waals surface area contributed by atoms with Gasteiger partial charge < -0.3 is 20.4 Å². The van der Waals surface area contributed by atoms with E-state index in [9.17, 15) is 4.79 Å². The lowest BCUT2D eigenvalue weighted by atomic mass is 9.75. The van der Waals surface area contributed by atoms with Gasteiger partial charge in [0.05, 0.1) is 17.8 Å². The van der Waals surface area contributed by atoms with Crippen molar-refractivity contribution >= 4 is 11.8 Å². The fourth-order valence-electron chi connectivity index (χ4n) is 4.10. The van der Waals surface area contributed by atoms with Crippen molar-refractivity contribution < 1.29 is 19.5 Å². The van der Waals surface area contributed by atoms with Crippen LogP contribution >= 0.6 is 0 Å². The van der Waals surface area contributed by atoms with E-state index in [4.69, 9.17) is 20.4 Å². The van der Waals surface area contributed by atoms with Crippen molar-refractivity contribution in [2.45, 2.75) is 85.3 Å². The standard InChI is InChI=1S/C22H36N2O4/c1-7-8-15-11-18(23)19(27-14(2)3)13-17(15)16-9-10-24(28-21(25)26)20(12-16)22(4,5)6/h11,13-14,16,20H,7-10,12,23H2,1-6H3,(H,25,26). The highest BCUT2D eigenvalue weighted by molar-refractivity contribution is 5.58. The Hall–Kier alpha value is -1.95. The maximum Gasteiger partial charge on any atom is 0.525 e. The third-order valence-electron chi connectivity index (χ3n) is 5.34. The van der Waals surface area contributed by atoms with Crippen LogP contribution in [0.15, 0.2) is 12.1 Å². The molecule has 0 saturated carbocycles. The summed E-state index contributed by atoms with van der Waals surface area (Å²) in [6.07, 6.45) is 2.48. The molecular formula is C22H36N2O4. The molecule has 6 heteroatoms. The molecule has 0 amide bonds. The van der Waals surface area contributed by atoms with E-state index in [0.717, 1.165) is 31.4 Å². The summed E-state index contributed by atoms with van der Waals surface area (Å²) in [4.78, 5) is 16.2. The highest BCUT2D eigenvalue weighted by Crippen LogP contribution is 2.42. The van der Waals surface area contributed by atoms with Gasteiger partial charge in [-0.3, -0.25) is 0 Å². The number of nitrogen functional groups attached to an aromatic ring is 1. The lowest BCUT2D eigenvalue weighted by Gasteiger charge is -2.44. The van der Waals surface area contributed by atoms with E-state index in [-0.39, 0.29) is 17.6 Å². The number of hydrogen-bond acceptors (Lipinski definition) is 5. The first-order valence-corrected chi connectivity index (χ1v) is 10.3. The normalized spacial score (nSPS) is 21.0. The number of nitrogens with two attached hydrogens (primary N) is 1. The molecule has 0 radical (unpaired) electrons. The van der Waals surface area contributed by atoms with E-state index in [1.165, 1.54) is 11.1 Å². The molecule has 1 aliphatic heterocycles. The van der Waals surface area contributed by atoms with Crippen LogP contribution in [0.25, 0.3) is 0 Å². The number of carboxylic acid groups (broad SMARTS) is 1. The number of benzene rings is 1. The van der Waals surface area contributed by atoms with Crippen LogP contribution in [0.1, 0.15) is 77.8 Å². The number of rotatable bonds is 6. The quantitative estimate of drug-likeness (QED) is 0.646. The molecule has 158 valence electrons. The fraction of sp³-hybridized carbons (Fsp3) is 0.682. The number of ether oxygens (including phenoxy) is 1. The van der Waals surface area contributed by atoms with Crippen LogP contribution in [0.3, 0.4) is 0 Å². The minimum atomic E-state index is -1.25. The third-order valence-corrected chi connectivity index (χ3v) is 5.34. The average Bonchev–Trinajstić information content (AvgIpc) is 2.56. The molecule has 0 spiro atoms. The molecule has 0 bridgehead atoms. The number of carbonyl (C=O) groups is 1. The average molecular weight is 393 g/mol. The predicted octanol–water partition coefficient (Wildman–Crippen LogP) is 5.21. The van der Waals surface area contributed by atoms with Crippen LogP contribution in [-0.4, -0.2) is 35.0 Å². The Labute approximate surface area is 169 Å². The zero-order valence-corrected chi connectivity index (χ0v) is 18.1. The van der Waals surface area contributed by atoms with Gasteiger partial charge in [0.1, 0.15) is 5.75 Å². The highest BCUT2D eigenvalue weighted by Gasteiger charge is 2.39. The lowest BCUT2D eigenvalue weighted by molar-refractivity contribution is -0.185. The largest absolute Gasteiger partial charge is 0.525 e. The minimum Gasteiger partial charge on any atom is -0.489 e. The van der Waals surface area contributed by atoms with Gasteiger partial charge in [-0.05, 0) is 67.7 Å². The van der Waals surface area contributed by atoms with Crippen LogP contribution in [0.2, 0.25) is 0 Å². The van der Waals surface area contributed by atoms with Crippen molar-refractivity contribution in [1.82, 2.24) is 5.06 Å². The molecule has 1 heterocycles. The summed E-state index contributed by atoms with van der Waals surface area (Å²) in [5.74, 6) is 1.05. The zero-order chi connectivity index (χ0) is 21.1. The summed E-state index contributed by atoms with van der Waals surface area (Å²) in [7, 11) is 0. The molecule has 1 aromatic carbocycles. The van der Waals surface area contributed by atoms with Gasteiger partial charge >= 0.3 is 6.16 Å². The van der Waals surface area contributed by atoms with Crippen molar-refractivity contribution in [3.8, 4) is 5.75 Å². The second-order valence-corrected chi connectivity index (χ2v) is 9.11. The molecule has 3 N–H and O–H groups in total. The molecule has 2 atom stereocenters. The van der Waals surface area contributed by atoms with E-state index < -0.39 is 6.16 Å². The summed E-state index contributed by atoms with van der Waals surface area (Å²) in [6, 6.07) is 4.17. The molecule has 1 saturated heterocycles. The fourth-order valence-corrected chi connectivity index (χ4v) is 4.10. The van der Waals surface area contributed by atoms with E-state index in [1.807, 2.05) is 13.8 Å². The number of nitrogens with zero attached hydrogens (tertiary/aromatic N) is 1. The Balaban J connectivity index is 2.38. The van der Waals surface area contributed by atoms with Crippen LogP contribution in [-0.2, 0) is 11.3 Å². The topological polar surface area (TPSA) is 85.0 Å². The van der Waals surface area contributed by atoms with Crippen molar-refractivity contribution in [2.75, 3.05) is 12.3 Å². The summed E-state index contributed by atoms with van der Waals surface area (Å²) >= 11 is 0. The third kappa shape index (κ3) is 5.53. The van der Waals surface area contributed by atoms with Crippen LogP contribution in [0.5, 0.6) is 5.75 Å². The Morgan fingerprint density at radius 1 is 1.36 bits per heavy atom. The molecule has 0 aromatic heterocycles. The zero-order valence-electron chi connectivity index (χ0n) is 18.1. The van der Waals surface area contributed by atoms with Gasteiger partial charge in [-0.25, -0.2) is 4.79 Å². The van der Waals surface area contributed by atoms with Gasteiger partial charge in [-0.2, -0.15) is 0 Å². The Bertz CT molecular complexity index is 682. The number of aryl methyl sites for hydroxylation is 1. The summed E-state index contributed by atoms with van der Waals surface area (Å²) < 4.78 is 5.94. The summed E-state index contributed by atoms with van der Waals surface area (Å²) in [6.45, 7) is 13.1. The minimum absolute atomic E-state index is 0.00356. The molecule has 2 rings (SSSR count). The Kier molecular flexibility index (Phi) is 7.21. The lowest BCUT2D eigenvalue weighted by Crippen LogP contribution is -2.49. The molecule has 28 heavy (non-hydrogen) atoms. The first kappa shape index (κ1) is 22.3. The second-order valence-electron chi connectivity index (χ2n) is 9.11. The van der Waals surface area contributed by atoms with E-state index in [0.29, 0.717) is 18.2 Å². The summed E-state index contributed by atoms with van der Waals surface area (Å²) in [5.41, 5.74) is 9.37. The molecule has 1 fully saturated rings. The monoisotopic (exact) mass is 392 g/mol. The van der Waals surface area contributed by atoms with Crippen LogP contribution in [0.4, 0.5) is 10.5 Å². The number of hydrogen-bond donors (Lipinski definition) is 2. The molecule has 1 aromatic rings. The molecule has 0 aliphatic carbocycles. The number of hydroxylamine groups is 2. The van der Waals surface area contributed by atoms with E-state index in [2.05, 4.69) is 39.8 Å². The van der Waals surface area contributed by atoms with Gasteiger partial charge in [0.25, 0.3) is 0 Å². The van der Waals surface area contributed by atoms with Gasteiger partial charge in [-0.15, -0.1) is 5.06 Å². The SMILES string of the molecule is CCCc1cc(N)c(OC(C)C)cc1C1CCN(OC(=O)O)C(C(C)(C)C)C1. The van der Waals surface area contributed by atoms with E-state index >= 15 is 0 Å².